The predicted molar refractivity (Wildman–Crippen MR) is 120 cm³/mol. The average Bonchev–Trinajstić information content (AvgIpc) is 3.10. The average molecular weight is 424 g/mol. The molecule has 6 heteroatoms. The Balaban J connectivity index is 0.00000140. The van der Waals surface area contributed by atoms with Crippen LogP contribution in [0.1, 0.15) is 30.9 Å². The first-order chi connectivity index (χ1) is 12.7. The second-order valence-electron chi connectivity index (χ2n) is 7.85. The van der Waals surface area contributed by atoms with Crippen molar-refractivity contribution in [1.82, 2.24) is 15.5 Å². The van der Waals surface area contributed by atoms with Gasteiger partial charge in [-0.2, -0.15) is 0 Å². The minimum Gasteiger partial charge on any atom is -0.345 e. The summed E-state index contributed by atoms with van der Waals surface area (Å²) in [6.07, 6.45) is 11.9. The summed E-state index contributed by atoms with van der Waals surface area (Å²) in [6, 6.07) is 8.55. The lowest BCUT2D eigenvalue weighted by Gasteiger charge is -2.44. The zero-order chi connectivity index (χ0) is 18.0. The fourth-order valence-electron chi connectivity index (χ4n) is 4.67. The van der Waals surface area contributed by atoms with Gasteiger partial charge in [-0.3, -0.25) is 9.69 Å². The van der Waals surface area contributed by atoms with Crippen LogP contribution in [-0.4, -0.2) is 48.1 Å². The van der Waals surface area contributed by atoms with Crippen molar-refractivity contribution in [2.75, 3.05) is 26.2 Å². The third-order valence-electron chi connectivity index (χ3n) is 6.37. The predicted octanol–water partition coefficient (Wildman–Crippen LogP) is 3.05. The smallest absolute Gasteiger partial charge is 0.241 e. The standard InChI is InChI=1S/C22H29N3O.2ClH/c1-2-21(10-6-3-7-11-21)24-20(26)22(25-14-12-23-13-15-25)16-18-8-4-5-9-19(18)17-22;;/h3-10,23H,2,11-17H2,1H3,(H,24,26);2*1H/t21-;;/m0../s1. The molecule has 0 spiro atoms. The molecule has 3 aliphatic rings. The molecule has 0 unspecified atom stereocenters. The van der Waals surface area contributed by atoms with Crippen molar-refractivity contribution in [2.24, 2.45) is 0 Å². The van der Waals surface area contributed by atoms with E-state index in [1.807, 2.05) is 0 Å². The number of carbonyl (C=O) groups excluding carboxylic acids is 1. The van der Waals surface area contributed by atoms with Crippen molar-refractivity contribution in [3.05, 3.63) is 59.7 Å². The molecule has 1 aromatic carbocycles. The summed E-state index contributed by atoms with van der Waals surface area (Å²) in [4.78, 5) is 16.2. The highest BCUT2D eigenvalue weighted by atomic mass is 35.5. The van der Waals surface area contributed by atoms with Crippen LogP contribution in [0.2, 0.25) is 0 Å². The van der Waals surface area contributed by atoms with E-state index in [-0.39, 0.29) is 36.3 Å². The van der Waals surface area contributed by atoms with Crippen molar-refractivity contribution in [2.45, 2.75) is 43.7 Å². The SMILES string of the molecule is CC[C@]1(NC(=O)C2(N3CCNCC3)Cc3ccccc3C2)C=CC=CC1.Cl.Cl. The topological polar surface area (TPSA) is 44.4 Å². The van der Waals surface area contributed by atoms with E-state index in [0.29, 0.717) is 0 Å². The van der Waals surface area contributed by atoms with E-state index in [0.717, 1.165) is 51.9 Å². The van der Waals surface area contributed by atoms with E-state index < -0.39 is 5.54 Å². The molecular formula is C22H31Cl2N3O. The first kappa shape index (κ1) is 23.0. The molecule has 4 nitrogen and oxygen atoms in total. The van der Waals surface area contributed by atoms with Gasteiger partial charge in [0.05, 0.1) is 5.54 Å². The molecule has 1 aliphatic heterocycles. The van der Waals surface area contributed by atoms with Gasteiger partial charge in [-0.05, 0) is 24.0 Å². The molecule has 0 radical (unpaired) electrons. The van der Waals surface area contributed by atoms with Crippen molar-refractivity contribution in [3.8, 4) is 0 Å². The summed E-state index contributed by atoms with van der Waals surface area (Å²) in [5, 5.41) is 6.88. The number of amides is 1. The Morgan fingerprint density at radius 1 is 1.11 bits per heavy atom. The quantitative estimate of drug-likeness (QED) is 0.781. The number of hydrogen-bond acceptors (Lipinski definition) is 3. The summed E-state index contributed by atoms with van der Waals surface area (Å²) >= 11 is 0. The van der Waals surface area contributed by atoms with Gasteiger partial charge in [0.1, 0.15) is 5.54 Å². The number of nitrogens with one attached hydrogen (secondary N) is 2. The highest BCUT2D eigenvalue weighted by molar-refractivity contribution is 5.89. The summed E-state index contributed by atoms with van der Waals surface area (Å²) in [5.74, 6) is 0.192. The van der Waals surface area contributed by atoms with Gasteiger partial charge < -0.3 is 10.6 Å². The molecule has 2 aliphatic carbocycles. The highest BCUT2D eigenvalue weighted by Crippen LogP contribution is 2.36. The number of hydrogen-bond donors (Lipinski definition) is 2. The third kappa shape index (κ3) is 4.16. The lowest BCUT2D eigenvalue weighted by atomic mass is 9.85. The highest BCUT2D eigenvalue weighted by Gasteiger charge is 2.49. The van der Waals surface area contributed by atoms with Gasteiger partial charge in [-0.1, -0.05) is 55.5 Å². The van der Waals surface area contributed by atoms with Crippen LogP contribution in [0.25, 0.3) is 0 Å². The zero-order valence-corrected chi connectivity index (χ0v) is 18.1. The van der Waals surface area contributed by atoms with E-state index in [4.69, 9.17) is 0 Å². The molecule has 154 valence electrons. The van der Waals surface area contributed by atoms with Gasteiger partial charge in [0.15, 0.2) is 0 Å². The van der Waals surface area contributed by atoms with Gasteiger partial charge in [-0.25, -0.2) is 0 Å². The normalized spacial score (nSPS) is 25.3. The van der Waals surface area contributed by atoms with E-state index in [9.17, 15) is 4.79 Å². The van der Waals surface area contributed by atoms with E-state index >= 15 is 0 Å². The number of nitrogens with zero attached hydrogens (tertiary/aromatic N) is 1. The molecule has 1 saturated heterocycles. The molecule has 1 fully saturated rings. The second-order valence-corrected chi connectivity index (χ2v) is 7.85. The van der Waals surface area contributed by atoms with Crippen LogP contribution in [0.5, 0.6) is 0 Å². The van der Waals surface area contributed by atoms with Crippen LogP contribution in [0.15, 0.2) is 48.6 Å². The minimum absolute atomic E-state index is 0. The zero-order valence-electron chi connectivity index (χ0n) is 16.4. The van der Waals surface area contributed by atoms with E-state index in [1.165, 1.54) is 11.1 Å². The maximum atomic E-state index is 13.7. The summed E-state index contributed by atoms with van der Waals surface area (Å²) in [6.45, 7) is 5.91. The second kappa shape index (κ2) is 9.45. The third-order valence-corrected chi connectivity index (χ3v) is 6.37. The largest absolute Gasteiger partial charge is 0.345 e. The van der Waals surface area contributed by atoms with E-state index in [2.05, 4.69) is 71.0 Å². The molecule has 0 bridgehead atoms. The van der Waals surface area contributed by atoms with Crippen LogP contribution in [0, 0.1) is 0 Å². The van der Waals surface area contributed by atoms with Crippen molar-refractivity contribution >= 4 is 30.7 Å². The fraction of sp³-hybridized carbons (Fsp3) is 0.500. The van der Waals surface area contributed by atoms with Crippen LogP contribution in [0.3, 0.4) is 0 Å². The number of rotatable bonds is 4. The molecular weight excluding hydrogens is 393 g/mol. The van der Waals surface area contributed by atoms with Crippen molar-refractivity contribution in [1.29, 1.82) is 0 Å². The van der Waals surface area contributed by atoms with Gasteiger partial charge in [0.2, 0.25) is 5.91 Å². The molecule has 0 aromatic heterocycles. The Hall–Kier alpha value is -1.33. The first-order valence-corrected chi connectivity index (χ1v) is 9.87. The number of benzene rings is 1. The summed E-state index contributed by atoms with van der Waals surface area (Å²) < 4.78 is 0. The minimum atomic E-state index is -0.455. The van der Waals surface area contributed by atoms with Crippen LogP contribution in [-0.2, 0) is 17.6 Å². The lowest BCUT2D eigenvalue weighted by molar-refractivity contribution is -0.135. The Bertz CT molecular complexity index is 718. The van der Waals surface area contributed by atoms with Crippen LogP contribution >= 0.6 is 24.8 Å². The van der Waals surface area contributed by atoms with Crippen molar-refractivity contribution < 1.29 is 4.79 Å². The summed E-state index contributed by atoms with van der Waals surface area (Å²) in [7, 11) is 0. The summed E-state index contributed by atoms with van der Waals surface area (Å²) in [5.41, 5.74) is 1.95. The molecule has 0 saturated carbocycles. The molecule has 1 aromatic rings. The van der Waals surface area contributed by atoms with Gasteiger partial charge in [-0.15, -0.1) is 24.8 Å². The molecule has 4 rings (SSSR count). The van der Waals surface area contributed by atoms with Crippen LogP contribution in [0.4, 0.5) is 0 Å². The fourth-order valence-corrected chi connectivity index (χ4v) is 4.67. The van der Waals surface area contributed by atoms with E-state index in [1.54, 1.807) is 0 Å². The Morgan fingerprint density at radius 2 is 1.75 bits per heavy atom. The molecule has 1 amide bonds. The molecule has 1 atom stereocenters. The van der Waals surface area contributed by atoms with Crippen molar-refractivity contribution in [3.63, 3.8) is 0 Å². The maximum Gasteiger partial charge on any atom is 0.241 e. The number of carbonyl (C=O) groups is 1. The molecule has 2 N–H and O–H groups in total. The number of fused-ring (bicyclic) bond motifs is 1. The Labute approximate surface area is 180 Å². The number of piperazine rings is 1. The van der Waals surface area contributed by atoms with Gasteiger partial charge in [0, 0.05) is 39.0 Å². The first-order valence-electron chi connectivity index (χ1n) is 9.87. The number of allylic oxidation sites excluding steroid dienone is 2. The maximum absolute atomic E-state index is 13.7. The number of halogens is 2. The van der Waals surface area contributed by atoms with Gasteiger partial charge in [0.25, 0.3) is 0 Å². The van der Waals surface area contributed by atoms with Gasteiger partial charge >= 0.3 is 0 Å². The molecule has 28 heavy (non-hydrogen) atoms. The monoisotopic (exact) mass is 423 g/mol. The molecule has 1 heterocycles. The Kier molecular flexibility index (Phi) is 7.74. The Morgan fingerprint density at radius 3 is 2.29 bits per heavy atom. The van der Waals surface area contributed by atoms with Crippen LogP contribution < -0.4 is 10.6 Å². The lowest BCUT2D eigenvalue weighted by Crippen LogP contribution is -2.66.